The summed E-state index contributed by atoms with van der Waals surface area (Å²) in [6.07, 6.45) is 2.20. The van der Waals surface area contributed by atoms with E-state index in [1.54, 1.807) is 12.1 Å². The van der Waals surface area contributed by atoms with Gasteiger partial charge in [0.05, 0.1) is 53.9 Å². The van der Waals surface area contributed by atoms with Crippen LogP contribution in [-0.2, 0) is 15.4 Å². The Kier molecular flexibility index (Phi) is 6.23. The molecule has 3 aromatic rings. The van der Waals surface area contributed by atoms with Gasteiger partial charge in [0.1, 0.15) is 6.10 Å². The van der Waals surface area contributed by atoms with Gasteiger partial charge in [-0.3, -0.25) is 0 Å². The molecule has 7 nitrogen and oxygen atoms in total. The van der Waals surface area contributed by atoms with E-state index in [-0.39, 0.29) is 11.6 Å². The maximum Gasteiger partial charge on any atom is 0.298 e. The molecule has 3 aliphatic heterocycles. The average molecular weight is 510 g/mol. The second-order valence-electron chi connectivity index (χ2n) is 10.6. The molecule has 2 aromatic heterocycles. The third-order valence-electron chi connectivity index (χ3n) is 8.06. The largest absolute Gasteiger partial charge is 0.377 e. The Morgan fingerprint density at radius 2 is 1.84 bits per heavy atom. The second kappa shape index (κ2) is 9.44. The van der Waals surface area contributed by atoms with Crippen LogP contribution < -0.4 is 10.2 Å². The Bertz CT molecular complexity index is 1300. The van der Waals surface area contributed by atoms with E-state index in [4.69, 9.17) is 14.5 Å². The average Bonchev–Trinajstić information content (AvgIpc) is 3.52. The number of halogens is 2. The molecule has 3 saturated heterocycles. The highest BCUT2D eigenvalue weighted by molar-refractivity contribution is 5.93. The van der Waals surface area contributed by atoms with Crippen molar-refractivity contribution in [2.24, 2.45) is 0 Å². The van der Waals surface area contributed by atoms with Crippen LogP contribution in [0.15, 0.2) is 30.3 Å². The van der Waals surface area contributed by atoms with Crippen molar-refractivity contribution < 1.29 is 18.3 Å². The van der Waals surface area contributed by atoms with Crippen molar-refractivity contribution >= 4 is 22.4 Å². The first kappa shape index (κ1) is 24.4. The smallest absolute Gasteiger partial charge is 0.298 e. The number of ether oxygens (including phenoxy) is 2. The number of hydrogen-bond donors (Lipinski definition) is 1. The van der Waals surface area contributed by atoms with E-state index in [2.05, 4.69) is 26.5 Å². The number of hydrogen-bond acceptors (Lipinski definition) is 7. The number of morpholine rings is 1. The molecule has 0 amide bonds. The fourth-order valence-corrected chi connectivity index (χ4v) is 6.02. The third-order valence-corrected chi connectivity index (χ3v) is 8.06. The summed E-state index contributed by atoms with van der Waals surface area (Å²) in [4.78, 5) is 7.40. The molecule has 9 heteroatoms. The van der Waals surface area contributed by atoms with Crippen LogP contribution in [0.3, 0.4) is 0 Å². The van der Waals surface area contributed by atoms with Gasteiger partial charge in [0, 0.05) is 17.6 Å². The standard InChI is InChI=1S/C28H33F2N5O2/c1-16(19-6-4-7-20(12-19)28(29,30)25-8-5-11-37-25)32-27-23-13-24(17(2)31-26(23)18(3)33-34-27)35-21-9-10-22(35)15-36-14-21/h4,6-7,12-13,16,21-22,25H,5,8-11,14-15H2,1-3H3,(H,32,34)/t16-,21?,22?,25?/m1/s1. The molecule has 37 heavy (non-hydrogen) atoms. The monoisotopic (exact) mass is 509 g/mol. The summed E-state index contributed by atoms with van der Waals surface area (Å²) in [5.74, 6) is -2.44. The Balaban J connectivity index is 1.33. The van der Waals surface area contributed by atoms with E-state index in [1.165, 1.54) is 6.07 Å². The van der Waals surface area contributed by atoms with E-state index >= 15 is 8.78 Å². The SMILES string of the molecule is Cc1nc2c(C)nnc(N[C@H](C)c3cccc(C(F)(F)C4CCCO4)c3)c2cc1N1C2CCC1COC2. The summed E-state index contributed by atoms with van der Waals surface area (Å²) in [5.41, 5.74) is 4.34. The van der Waals surface area contributed by atoms with Crippen molar-refractivity contribution in [1.29, 1.82) is 0 Å². The number of rotatable bonds is 6. The van der Waals surface area contributed by atoms with Crippen molar-refractivity contribution in [3.63, 3.8) is 0 Å². The first-order chi connectivity index (χ1) is 17.8. The number of aromatic nitrogens is 3. The zero-order chi connectivity index (χ0) is 25.7. The van der Waals surface area contributed by atoms with E-state index in [0.717, 1.165) is 59.6 Å². The van der Waals surface area contributed by atoms with Crippen molar-refractivity contribution in [3.8, 4) is 0 Å². The maximum absolute atomic E-state index is 15.1. The Morgan fingerprint density at radius 3 is 2.57 bits per heavy atom. The number of fused-ring (bicyclic) bond motifs is 3. The molecular weight excluding hydrogens is 476 g/mol. The van der Waals surface area contributed by atoms with Crippen LogP contribution in [0.25, 0.3) is 10.9 Å². The minimum atomic E-state index is -3.03. The second-order valence-corrected chi connectivity index (χ2v) is 10.6. The predicted octanol–water partition coefficient (Wildman–Crippen LogP) is 5.45. The Labute approximate surface area is 215 Å². The lowest BCUT2D eigenvalue weighted by atomic mass is 9.97. The molecule has 3 aliphatic rings. The third kappa shape index (κ3) is 4.32. The highest BCUT2D eigenvalue weighted by Crippen LogP contribution is 2.40. The predicted molar refractivity (Wildman–Crippen MR) is 138 cm³/mol. The maximum atomic E-state index is 15.1. The molecule has 0 saturated carbocycles. The lowest BCUT2D eigenvalue weighted by Crippen LogP contribution is -2.46. The lowest BCUT2D eigenvalue weighted by molar-refractivity contribution is -0.122. The first-order valence-electron chi connectivity index (χ1n) is 13.2. The summed E-state index contributed by atoms with van der Waals surface area (Å²) in [6.45, 7) is 7.75. The summed E-state index contributed by atoms with van der Waals surface area (Å²) in [7, 11) is 0. The lowest BCUT2D eigenvalue weighted by Gasteiger charge is -2.37. The summed E-state index contributed by atoms with van der Waals surface area (Å²) in [6, 6.07) is 9.19. The minimum Gasteiger partial charge on any atom is -0.377 e. The molecule has 3 unspecified atom stereocenters. The molecular formula is C28H33F2N5O2. The molecule has 0 spiro atoms. The Hall–Kier alpha value is -2.91. The van der Waals surface area contributed by atoms with Crippen LogP contribution in [-0.4, -0.2) is 53.2 Å². The van der Waals surface area contributed by atoms with Crippen LogP contribution in [0.2, 0.25) is 0 Å². The van der Waals surface area contributed by atoms with Gasteiger partial charge in [-0.2, -0.15) is 13.9 Å². The van der Waals surface area contributed by atoms with Crippen molar-refractivity contribution in [2.45, 2.75) is 76.6 Å². The molecule has 0 aliphatic carbocycles. The fraction of sp³-hybridized carbons (Fsp3) is 0.536. The number of aryl methyl sites for hydroxylation is 2. The van der Waals surface area contributed by atoms with Crippen LogP contribution in [0.1, 0.15) is 61.2 Å². The van der Waals surface area contributed by atoms with E-state index in [1.807, 2.05) is 26.8 Å². The van der Waals surface area contributed by atoms with Crippen molar-refractivity contribution in [3.05, 3.63) is 52.8 Å². The molecule has 5 heterocycles. The van der Waals surface area contributed by atoms with Gasteiger partial charge >= 0.3 is 0 Å². The Morgan fingerprint density at radius 1 is 1.05 bits per heavy atom. The molecule has 196 valence electrons. The van der Waals surface area contributed by atoms with Gasteiger partial charge in [-0.05, 0) is 64.2 Å². The first-order valence-corrected chi connectivity index (χ1v) is 13.2. The summed E-state index contributed by atoms with van der Waals surface area (Å²) < 4.78 is 41.3. The quantitative estimate of drug-likeness (QED) is 0.474. The van der Waals surface area contributed by atoms with Gasteiger partial charge < -0.3 is 19.7 Å². The van der Waals surface area contributed by atoms with Gasteiger partial charge in [-0.15, -0.1) is 5.10 Å². The van der Waals surface area contributed by atoms with Gasteiger partial charge in [-0.1, -0.05) is 18.2 Å². The summed E-state index contributed by atoms with van der Waals surface area (Å²) in [5, 5.41) is 13.1. The van der Waals surface area contributed by atoms with Crippen molar-refractivity contribution in [2.75, 3.05) is 30.0 Å². The summed E-state index contributed by atoms with van der Waals surface area (Å²) >= 11 is 0. The van der Waals surface area contributed by atoms with Crippen LogP contribution in [0.4, 0.5) is 20.3 Å². The fourth-order valence-electron chi connectivity index (χ4n) is 6.02. The van der Waals surface area contributed by atoms with Crippen molar-refractivity contribution in [1.82, 2.24) is 15.2 Å². The van der Waals surface area contributed by atoms with Gasteiger partial charge in [-0.25, -0.2) is 4.98 Å². The van der Waals surface area contributed by atoms with E-state index in [9.17, 15) is 0 Å². The van der Waals surface area contributed by atoms with Gasteiger partial charge in [0.15, 0.2) is 5.82 Å². The van der Waals surface area contributed by atoms with Crippen LogP contribution >= 0.6 is 0 Å². The van der Waals surface area contributed by atoms with Crippen LogP contribution in [0, 0.1) is 13.8 Å². The molecule has 0 radical (unpaired) electrons. The normalized spacial score (nSPS) is 24.6. The number of alkyl halides is 2. The number of benzene rings is 1. The molecule has 2 bridgehead atoms. The molecule has 3 fully saturated rings. The van der Waals surface area contributed by atoms with E-state index in [0.29, 0.717) is 37.4 Å². The molecule has 1 aromatic carbocycles. The minimum absolute atomic E-state index is 0.0206. The number of nitrogens with one attached hydrogen (secondary N) is 1. The van der Waals surface area contributed by atoms with Gasteiger partial charge in [0.2, 0.25) is 0 Å². The molecule has 4 atom stereocenters. The number of nitrogens with zero attached hydrogens (tertiary/aromatic N) is 4. The highest BCUT2D eigenvalue weighted by atomic mass is 19.3. The zero-order valence-electron chi connectivity index (χ0n) is 21.5. The topological polar surface area (TPSA) is 72.4 Å². The highest BCUT2D eigenvalue weighted by Gasteiger charge is 2.44. The van der Waals surface area contributed by atoms with Crippen LogP contribution in [0.5, 0.6) is 0 Å². The molecule has 1 N–H and O–H groups in total. The zero-order valence-corrected chi connectivity index (χ0v) is 21.5. The van der Waals surface area contributed by atoms with E-state index < -0.39 is 12.0 Å². The number of anilines is 2. The molecule has 6 rings (SSSR count). The van der Waals surface area contributed by atoms with Gasteiger partial charge in [0.25, 0.3) is 5.92 Å². The number of pyridine rings is 1.